The Bertz CT molecular complexity index is 918. The van der Waals surface area contributed by atoms with Crippen molar-refractivity contribution in [2.45, 2.75) is 6.54 Å². The van der Waals surface area contributed by atoms with Gasteiger partial charge < -0.3 is 20.1 Å². The lowest BCUT2D eigenvalue weighted by Gasteiger charge is -2.17. The average molecular weight is 391 g/mol. The highest BCUT2D eigenvalue weighted by molar-refractivity contribution is 5.96. The minimum absolute atomic E-state index is 0.0849. The van der Waals surface area contributed by atoms with E-state index >= 15 is 0 Å². The second kappa shape index (κ2) is 8.80. The van der Waals surface area contributed by atoms with Crippen LogP contribution in [0.2, 0.25) is 0 Å². The molecule has 0 aromatic heterocycles. The van der Waals surface area contributed by atoms with Crippen LogP contribution < -0.4 is 10.5 Å². The smallest absolute Gasteiger partial charge is 0.340 e. The fraction of sp³-hybridized carbons (Fsp3) is 0.222. The van der Waals surface area contributed by atoms with Gasteiger partial charge in [-0.2, -0.15) is 0 Å². The number of hydrogen-bond acceptors (Lipinski definition) is 7. The zero-order chi connectivity index (χ0) is 20.8. The maximum atomic E-state index is 13.7. The fourth-order valence-corrected chi connectivity index (χ4v) is 2.34. The fourth-order valence-electron chi connectivity index (χ4n) is 2.34. The molecular weight excluding hydrogens is 373 g/mol. The summed E-state index contributed by atoms with van der Waals surface area (Å²) < 4.78 is 23.5. The summed E-state index contributed by atoms with van der Waals surface area (Å²) in [6.45, 7) is -0.471. The predicted octanol–water partition coefficient (Wildman–Crippen LogP) is 2.14. The van der Waals surface area contributed by atoms with Crippen molar-refractivity contribution in [2.24, 2.45) is 0 Å². The Kier molecular flexibility index (Phi) is 6.48. The number of ether oxygens (including phenoxy) is 2. The van der Waals surface area contributed by atoms with Crippen molar-refractivity contribution in [3.8, 4) is 5.75 Å². The SMILES string of the molecule is COc1ccc(CN(C)C(=O)COC(=O)c2ccc([N+](=O)[O-])cc2N)cc1F. The number of benzene rings is 2. The highest BCUT2D eigenvalue weighted by Crippen LogP contribution is 2.21. The van der Waals surface area contributed by atoms with E-state index in [1.807, 2.05) is 0 Å². The maximum absolute atomic E-state index is 13.7. The van der Waals surface area contributed by atoms with E-state index in [0.29, 0.717) is 5.56 Å². The van der Waals surface area contributed by atoms with Gasteiger partial charge in [0, 0.05) is 25.7 Å². The molecule has 0 heterocycles. The summed E-state index contributed by atoms with van der Waals surface area (Å²) in [5.41, 5.74) is 5.66. The Morgan fingerprint density at radius 1 is 1.25 bits per heavy atom. The van der Waals surface area contributed by atoms with Crippen molar-refractivity contribution in [1.82, 2.24) is 4.90 Å². The lowest BCUT2D eigenvalue weighted by molar-refractivity contribution is -0.384. The molecule has 0 aliphatic rings. The van der Waals surface area contributed by atoms with Crippen molar-refractivity contribution in [2.75, 3.05) is 26.5 Å². The molecule has 2 N–H and O–H groups in total. The topological polar surface area (TPSA) is 125 Å². The molecule has 0 aliphatic heterocycles. The second-order valence-corrected chi connectivity index (χ2v) is 5.82. The highest BCUT2D eigenvalue weighted by Gasteiger charge is 2.18. The van der Waals surface area contributed by atoms with Gasteiger partial charge in [-0.3, -0.25) is 14.9 Å². The molecule has 0 bridgehead atoms. The van der Waals surface area contributed by atoms with E-state index in [4.69, 9.17) is 15.2 Å². The number of rotatable bonds is 7. The zero-order valence-electron chi connectivity index (χ0n) is 15.2. The van der Waals surface area contributed by atoms with E-state index < -0.39 is 29.2 Å². The van der Waals surface area contributed by atoms with Crippen molar-refractivity contribution in [3.63, 3.8) is 0 Å². The van der Waals surface area contributed by atoms with Crippen LogP contribution in [0.25, 0.3) is 0 Å². The third-order valence-corrected chi connectivity index (χ3v) is 3.85. The molecule has 148 valence electrons. The summed E-state index contributed by atoms with van der Waals surface area (Å²) in [4.78, 5) is 35.5. The van der Waals surface area contributed by atoms with Crippen LogP contribution in [0.3, 0.4) is 0 Å². The average Bonchev–Trinajstić information content (AvgIpc) is 2.65. The third kappa shape index (κ3) is 4.93. The molecule has 0 fully saturated rings. The van der Waals surface area contributed by atoms with Gasteiger partial charge in [-0.15, -0.1) is 0 Å². The standard InChI is InChI=1S/C18H18FN3O6/c1-21(9-11-3-6-16(27-2)14(19)7-11)17(23)10-28-18(24)13-5-4-12(22(25)26)8-15(13)20/h3-8H,9-10,20H2,1-2H3. The number of likely N-dealkylation sites (N-methyl/N-ethyl adjacent to an activating group) is 1. The number of methoxy groups -OCH3 is 1. The quantitative estimate of drug-likeness (QED) is 0.332. The minimum Gasteiger partial charge on any atom is -0.494 e. The molecule has 0 saturated heterocycles. The van der Waals surface area contributed by atoms with Crippen molar-refractivity contribution in [1.29, 1.82) is 0 Å². The Morgan fingerprint density at radius 2 is 1.96 bits per heavy atom. The van der Waals surface area contributed by atoms with Crippen LogP contribution in [0.4, 0.5) is 15.8 Å². The number of anilines is 1. The lowest BCUT2D eigenvalue weighted by Crippen LogP contribution is -2.31. The number of hydrogen-bond donors (Lipinski definition) is 1. The molecule has 2 aromatic carbocycles. The van der Waals surface area contributed by atoms with E-state index in [0.717, 1.165) is 18.2 Å². The molecule has 1 amide bonds. The number of halogens is 1. The van der Waals surface area contributed by atoms with E-state index in [9.17, 15) is 24.1 Å². The number of non-ortho nitro benzene ring substituents is 1. The summed E-state index contributed by atoms with van der Waals surface area (Å²) in [5, 5.41) is 10.7. The molecular formula is C18H18FN3O6. The third-order valence-electron chi connectivity index (χ3n) is 3.85. The van der Waals surface area contributed by atoms with Gasteiger partial charge in [-0.1, -0.05) is 6.07 Å². The number of nitrogens with two attached hydrogens (primary N) is 1. The summed E-state index contributed by atoms with van der Waals surface area (Å²) in [5.74, 6) is -1.87. The van der Waals surface area contributed by atoms with Crippen LogP contribution in [-0.2, 0) is 16.1 Å². The molecule has 0 saturated carbocycles. The van der Waals surface area contributed by atoms with Crippen LogP contribution in [0.1, 0.15) is 15.9 Å². The molecule has 0 spiro atoms. The van der Waals surface area contributed by atoms with E-state index in [-0.39, 0.29) is 29.2 Å². The molecule has 9 nitrogen and oxygen atoms in total. The molecule has 10 heteroatoms. The van der Waals surface area contributed by atoms with Crippen LogP contribution in [0.5, 0.6) is 5.75 Å². The van der Waals surface area contributed by atoms with Crippen LogP contribution in [0, 0.1) is 15.9 Å². The minimum atomic E-state index is -0.885. The Hall–Kier alpha value is -3.69. The van der Waals surface area contributed by atoms with Crippen molar-refractivity contribution < 1.29 is 28.4 Å². The van der Waals surface area contributed by atoms with Gasteiger partial charge >= 0.3 is 5.97 Å². The number of nitro groups is 1. The first kappa shape index (κ1) is 20.6. The second-order valence-electron chi connectivity index (χ2n) is 5.82. The van der Waals surface area contributed by atoms with Gasteiger partial charge in [0.15, 0.2) is 18.2 Å². The number of esters is 1. The number of carbonyl (C=O) groups is 2. The van der Waals surface area contributed by atoms with Crippen LogP contribution >= 0.6 is 0 Å². The summed E-state index contributed by atoms with van der Waals surface area (Å²) >= 11 is 0. The van der Waals surface area contributed by atoms with Gasteiger partial charge in [0.1, 0.15) is 0 Å². The largest absolute Gasteiger partial charge is 0.494 e. The van der Waals surface area contributed by atoms with Gasteiger partial charge in [0.2, 0.25) is 0 Å². The van der Waals surface area contributed by atoms with E-state index in [1.54, 1.807) is 6.07 Å². The van der Waals surface area contributed by atoms with Crippen molar-refractivity contribution >= 4 is 23.3 Å². The molecule has 2 rings (SSSR count). The van der Waals surface area contributed by atoms with Gasteiger partial charge in [-0.05, 0) is 23.8 Å². The number of nitrogen functional groups attached to an aromatic ring is 1. The predicted molar refractivity (Wildman–Crippen MR) is 97.2 cm³/mol. The molecule has 0 aliphatic carbocycles. The first-order chi connectivity index (χ1) is 13.2. The van der Waals surface area contributed by atoms with Gasteiger partial charge in [0.25, 0.3) is 11.6 Å². The van der Waals surface area contributed by atoms with Crippen LogP contribution in [0.15, 0.2) is 36.4 Å². The summed E-state index contributed by atoms with van der Waals surface area (Å²) in [7, 11) is 2.82. The molecule has 0 unspecified atom stereocenters. The number of nitrogens with zero attached hydrogens (tertiary/aromatic N) is 2. The lowest BCUT2D eigenvalue weighted by atomic mass is 10.1. The Labute approximate surface area is 159 Å². The normalized spacial score (nSPS) is 10.2. The first-order valence-corrected chi connectivity index (χ1v) is 8.00. The zero-order valence-corrected chi connectivity index (χ0v) is 15.2. The number of nitro benzene ring substituents is 1. The van der Waals surface area contributed by atoms with Crippen LogP contribution in [-0.4, -0.2) is 42.5 Å². The molecule has 28 heavy (non-hydrogen) atoms. The summed E-state index contributed by atoms with van der Waals surface area (Å²) in [6, 6.07) is 7.59. The monoisotopic (exact) mass is 391 g/mol. The molecule has 0 radical (unpaired) electrons. The summed E-state index contributed by atoms with van der Waals surface area (Å²) in [6.07, 6.45) is 0. The van der Waals surface area contributed by atoms with E-state index in [1.165, 1.54) is 31.2 Å². The molecule has 0 atom stereocenters. The van der Waals surface area contributed by atoms with E-state index in [2.05, 4.69) is 0 Å². The highest BCUT2D eigenvalue weighted by atomic mass is 19.1. The molecule has 2 aromatic rings. The Balaban J connectivity index is 1.94. The van der Waals surface area contributed by atoms with Gasteiger partial charge in [0.05, 0.1) is 23.3 Å². The van der Waals surface area contributed by atoms with Gasteiger partial charge in [-0.25, -0.2) is 9.18 Å². The first-order valence-electron chi connectivity index (χ1n) is 8.00. The number of carbonyl (C=O) groups excluding carboxylic acids is 2. The maximum Gasteiger partial charge on any atom is 0.340 e. The van der Waals surface area contributed by atoms with Crippen molar-refractivity contribution in [3.05, 3.63) is 63.5 Å². The Morgan fingerprint density at radius 3 is 2.54 bits per heavy atom. The number of amides is 1.